The maximum atomic E-state index is 11.7. The Hall–Kier alpha value is -3.38. The quantitative estimate of drug-likeness (QED) is 0.167. The van der Waals surface area contributed by atoms with Crippen LogP contribution in [0.15, 0.2) is 14.4 Å². The SMILES string of the molecule is Cc1c(C(N)=NNCC(=O)c2c(N)no[n+]2[O-])no[n+]1[O-]. The number of hydrazone groups is 1. The lowest BCUT2D eigenvalue weighted by Gasteiger charge is -1.98. The summed E-state index contributed by atoms with van der Waals surface area (Å²) in [5.74, 6) is -1.23. The van der Waals surface area contributed by atoms with Gasteiger partial charge in [-0.05, 0) is 9.81 Å². The van der Waals surface area contributed by atoms with Gasteiger partial charge in [0.2, 0.25) is 17.3 Å². The molecule has 0 saturated heterocycles. The Labute approximate surface area is 115 Å². The highest BCUT2D eigenvalue weighted by atomic mass is 16.8. The highest BCUT2D eigenvalue weighted by Crippen LogP contribution is 2.02. The number of hydrogen-bond acceptors (Lipinski definition) is 10. The Bertz CT molecular complexity index is 684. The maximum absolute atomic E-state index is 11.7. The lowest BCUT2D eigenvalue weighted by Crippen LogP contribution is -2.35. The minimum atomic E-state index is -0.712. The highest BCUT2D eigenvalue weighted by molar-refractivity contribution is 5.98. The number of ketones is 1. The molecule has 5 N–H and O–H groups in total. The fourth-order valence-electron chi connectivity index (χ4n) is 1.36. The molecule has 0 radical (unpaired) electrons. The largest absolute Gasteiger partial charge is 0.378 e. The third kappa shape index (κ3) is 2.65. The lowest BCUT2D eigenvalue weighted by atomic mass is 10.3. The van der Waals surface area contributed by atoms with Gasteiger partial charge >= 0.3 is 5.82 Å². The molecule has 0 unspecified atom stereocenters. The Morgan fingerprint density at radius 2 is 2.05 bits per heavy atom. The number of Topliss-reactive ketones (excluding diaryl/α,β-unsaturated/α-hetero) is 1. The first kappa shape index (κ1) is 14.0. The van der Waals surface area contributed by atoms with E-state index in [0.29, 0.717) is 0 Å². The first-order chi connectivity index (χ1) is 9.91. The molecule has 2 aromatic heterocycles. The second-order valence-corrected chi connectivity index (χ2v) is 3.78. The van der Waals surface area contributed by atoms with Crippen LogP contribution in [-0.2, 0) is 0 Å². The summed E-state index contributed by atoms with van der Waals surface area (Å²) in [5.41, 5.74) is 12.8. The molecule has 0 bridgehead atoms. The standard InChI is InChI=1S/C8H10N8O5/c1-3-5(13-20-15(3)18)7(9)12-11-2-4(17)6-8(10)14-21-16(6)19/h11H,2H2,1H3,(H2,9,12)(H2,10,14). The predicted octanol–water partition coefficient (Wildman–Crippen LogP) is -3.09. The summed E-state index contributed by atoms with van der Waals surface area (Å²) in [6, 6.07) is 0. The smallest absolute Gasteiger partial charge is 0.316 e. The minimum absolute atomic E-state index is 0.0216. The number of anilines is 1. The van der Waals surface area contributed by atoms with Crippen LogP contribution in [-0.4, -0.2) is 28.5 Å². The van der Waals surface area contributed by atoms with E-state index >= 15 is 0 Å². The molecule has 0 aliphatic carbocycles. The van der Waals surface area contributed by atoms with Gasteiger partial charge in [-0.25, -0.2) is 0 Å². The summed E-state index contributed by atoms with van der Waals surface area (Å²) in [6.45, 7) is 1.02. The Kier molecular flexibility index (Phi) is 3.55. The van der Waals surface area contributed by atoms with Crippen LogP contribution in [0.4, 0.5) is 5.82 Å². The van der Waals surface area contributed by atoms with Crippen LogP contribution in [0.1, 0.15) is 21.9 Å². The zero-order valence-corrected chi connectivity index (χ0v) is 10.6. The molecule has 0 amide bonds. The summed E-state index contributed by atoms with van der Waals surface area (Å²) in [7, 11) is 0. The topological polar surface area (TPSA) is 199 Å². The van der Waals surface area contributed by atoms with Crippen LogP contribution in [0, 0.1) is 17.3 Å². The van der Waals surface area contributed by atoms with E-state index in [-0.39, 0.29) is 32.8 Å². The van der Waals surface area contributed by atoms with Gasteiger partial charge in [-0.2, -0.15) is 5.10 Å². The van der Waals surface area contributed by atoms with Crippen molar-refractivity contribution in [3.8, 4) is 0 Å². The molecule has 13 nitrogen and oxygen atoms in total. The maximum Gasteiger partial charge on any atom is 0.316 e. The Balaban J connectivity index is 2.02. The summed E-state index contributed by atoms with van der Waals surface area (Å²) < 4.78 is 8.46. The number of hydrogen-bond donors (Lipinski definition) is 3. The molecule has 0 spiro atoms. The van der Waals surface area contributed by atoms with Crippen LogP contribution in [0.3, 0.4) is 0 Å². The summed E-state index contributed by atoms with van der Waals surface area (Å²) in [4.78, 5) is 11.7. The van der Waals surface area contributed by atoms with Gasteiger partial charge in [-0.1, -0.05) is 0 Å². The summed E-state index contributed by atoms with van der Waals surface area (Å²) in [6.07, 6.45) is 0. The van der Waals surface area contributed by atoms with Crippen LogP contribution in [0.5, 0.6) is 0 Å². The number of nitrogen functional groups attached to an aromatic ring is 1. The second-order valence-electron chi connectivity index (χ2n) is 3.78. The molecule has 0 saturated carbocycles. The van der Waals surface area contributed by atoms with Gasteiger partial charge in [-0.3, -0.25) is 19.5 Å². The molecule has 0 aliphatic heterocycles. The number of rotatable bonds is 5. The number of carbonyl (C=O) groups excluding carboxylic acids is 1. The number of amidine groups is 1. The molecule has 13 heteroatoms. The normalized spacial score (nSPS) is 11.6. The van der Waals surface area contributed by atoms with Gasteiger partial charge in [0, 0.05) is 12.1 Å². The minimum Gasteiger partial charge on any atom is -0.378 e. The zero-order chi connectivity index (χ0) is 15.6. The third-order valence-electron chi connectivity index (χ3n) is 2.41. The van der Waals surface area contributed by atoms with Crippen molar-refractivity contribution in [2.45, 2.75) is 6.92 Å². The second kappa shape index (κ2) is 5.32. The molecule has 0 aliphatic rings. The van der Waals surface area contributed by atoms with Crippen molar-refractivity contribution in [2.75, 3.05) is 12.3 Å². The van der Waals surface area contributed by atoms with Crippen molar-refractivity contribution < 1.29 is 23.9 Å². The highest BCUT2D eigenvalue weighted by Gasteiger charge is 2.24. The van der Waals surface area contributed by atoms with Gasteiger partial charge in [0.15, 0.2) is 0 Å². The van der Waals surface area contributed by atoms with E-state index in [4.69, 9.17) is 11.5 Å². The van der Waals surface area contributed by atoms with Crippen molar-refractivity contribution in [1.29, 1.82) is 0 Å². The van der Waals surface area contributed by atoms with Gasteiger partial charge < -0.3 is 21.9 Å². The fraction of sp³-hybridized carbons (Fsp3) is 0.250. The molecular formula is C8H10N8O5. The molecule has 0 fully saturated rings. The van der Waals surface area contributed by atoms with Gasteiger partial charge in [-0.15, -0.1) is 0 Å². The number of aromatic nitrogens is 4. The fourth-order valence-corrected chi connectivity index (χ4v) is 1.36. The number of nitrogens with zero attached hydrogens (tertiary/aromatic N) is 5. The van der Waals surface area contributed by atoms with Crippen LogP contribution >= 0.6 is 0 Å². The number of nitrogens with one attached hydrogen (secondary N) is 1. The number of nitrogens with two attached hydrogens (primary N) is 2. The molecule has 2 aromatic rings. The first-order valence-corrected chi connectivity index (χ1v) is 5.43. The zero-order valence-electron chi connectivity index (χ0n) is 10.6. The summed E-state index contributed by atoms with van der Waals surface area (Å²) >= 11 is 0. The third-order valence-corrected chi connectivity index (χ3v) is 2.41. The van der Waals surface area contributed by atoms with Crippen LogP contribution in [0.2, 0.25) is 0 Å². The van der Waals surface area contributed by atoms with Crippen molar-refractivity contribution >= 4 is 17.4 Å². The van der Waals surface area contributed by atoms with E-state index < -0.39 is 18.0 Å². The van der Waals surface area contributed by atoms with Crippen molar-refractivity contribution in [1.82, 2.24) is 15.7 Å². The summed E-state index contributed by atoms with van der Waals surface area (Å²) in [5, 5.41) is 32.2. The average molecular weight is 298 g/mol. The lowest BCUT2D eigenvalue weighted by molar-refractivity contribution is -0.806. The Morgan fingerprint density at radius 3 is 2.57 bits per heavy atom. The van der Waals surface area contributed by atoms with E-state index in [9.17, 15) is 15.2 Å². The van der Waals surface area contributed by atoms with E-state index in [1.165, 1.54) is 6.92 Å². The molecule has 2 heterocycles. The number of carbonyl (C=O) groups is 1. The van der Waals surface area contributed by atoms with E-state index in [2.05, 4.69) is 30.1 Å². The molecular weight excluding hydrogens is 288 g/mol. The van der Waals surface area contributed by atoms with E-state index in [1.54, 1.807) is 0 Å². The molecule has 2 rings (SSSR count). The molecule has 0 atom stereocenters. The van der Waals surface area contributed by atoms with Crippen molar-refractivity contribution in [2.24, 2.45) is 10.8 Å². The molecule has 0 aromatic carbocycles. The predicted molar refractivity (Wildman–Crippen MR) is 63.1 cm³/mol. The van der Waals surface area contributed by atoms with Crippen molar-refractivity contribution in [3.05, 3.63) is 27.5 Å². The van der Waals surface area contributed by atoms with Gasteiger partial charge in [0.05, 0.1) is 5.16 Å². The average Bonchev–Trinajstić information content (AvgIpc) is 2.93. The first-order valence-electron chi connectivity index (χ1n) is 5.43. The van der Waals surface area contributed by atoms with Gasteiger partial charge in [0.25, 0.3) is 11.4 Å². The Morgan fingerprint density at radius 1 is 1.38 bits per heavy atom. The van der Waals surface area contributed by atoms with E-state index in [0.717, 1.165) is 0 Å². The van der Waals surface area contributed by atoms with Crippen LogP contribution < -0.4 is 26.7 Å². The van der Waals surface area contributed by atoms with Gasteiger partial charge in [0.1, 0.15) is 6.54 Å². The van der Waals surface area contributed by atoms with E-state index in [1.807, 2.05) is 0 Å². The monoisotopic (exact) mass is 298 g/mol. The molecule has 112 valence electrons. The van der Waals surface area contributed by atoms with Crippen LogP contribution in [0.25, 0.3) is 0 Å². The molecule has 21 heavy (non-hydrogen) atoms. The van der Waals surface area contributed by atoms with Crippen molar-refractivity contribution in [3.63, 3.8) is 0 Å².